The van der Waals surface area contributed by atoms with Crippen LogP contribution in [0.4, 0.5) is 0 Å². The van der Waals surface area contributed by atoms with E-state index in [2.05, 4.69) is 26.0 Å². The van der Waals surface area contributed by atoms with Crippen molar-refractivity contribution in [2.24, 2.45) is 0 Å². The number of aliphatic carboxylic acids is 1. The minimum Gasteiger partial charge on any atom is -0.477 e. The van der Waals surface area contributed by atoms with E-state index in [1.54, 1.807) is 0 Å². The van der Waals surface area contributed by atoms with Gasteiger partial charge in [0, 0.05) is 19.3 Å². The van der Waals surface area contributed by atoms with Crippen LogP contribution in [-0.2, 0) is 28.6 Å². The summed E-state index contributed by atoms with van der Waals surface area (Å²) in [4.78, 5) is 36.9. The number of allylic oxidation sites excluding steroid dienone is 2. The molecule has 0 spiro atoms. The predicted molar refractivity (Wildman–Crippen MR) is 220 cm³/mol. The summed E-state index contributed by atoms with van der Waals surface area (Å²) in [7, 11) is 5.53. The zero-order valence-electron chi connectivity index (χ0n) is 35.5. The first-order valence-electron chi connectivity index (χ1n) is 22.2. The van der Waals surface area contributed by atoms with Crippen molar-refractivity contribution in [3.8, 4) is 0 Å². The summed E-state index contributed by atoms with van der Waals surface area (Å²) in [6.45, 7) is 4.74. The molecule has 0 heterocycles. The van der Waals surface area contributed by atoms with Gasteiger partial charge in [-0.1, -0.05) is 161 Å². The third kappa shape index (κ3) is 35.5. The molecule has 0 radical (unpaired) electrons. The minimum absolute atomic E-state index is 0.0470. The molecule has 0 aromatic heterocycles. The zero-order chi connectivity index (χ0) is 39.3. The number of carboxylic acids is 1. The van der Waals surface area contributed by atoms with Gasteiger partial charge in [-0.2, -0.15) is 0 Å². The fourth-order valence-electron chi connectivity index (χ4n) is 6.67. The van der Waals surface area contributed by atoms with Crippen molar-refractivity contribution < 1.29 is 38.2 Å². The Kier molecular flexibility index (Phi) is 35.7. The molecule has 0 saturated carbocycles. The normalized spacial score (nSPS) is 13.0. The van der Waals surface area contributed by atoms with Crippen molar-refractivity contribution in [2.75, 3.05) is 41.0 Å². The quantitative estimate of drug-likeness (QED) is 0.0288. The van der Waals surface area contributed by atoms with Gasteiger partial charge in [-0.05, 0) is 38.5 Å². The van der Waals surface area contributed by atoms with Crippen molar-refractivity contribution in [2.45, 2.75) is 219 Å². The largest absolute Gasteiger partial charge is 0.477 e. The van der Waals surface area contributed by atoms with Gasteiger partial charge in [0.15, 0.2) is 12.1 Å². The summed E-state index contributed by atoms with van der Waals surface area (Å²) < 4.78 is 17.3. The summed E-state index contributed by atoms with van der Waals surface area (Å²) in [5, 5.41) is 9.61. The van der Waals surface area contributed by atoms with Crippen LogP contribution in [0.5, 0.6) is 0 Å². The number of carbonyl (C=O) groups is 3. The van der Waals surface area contributed by atoms with Gasteiger partial charge in [-0.3, -0.25) is 9.59 Å². The van der Waals surface area contributed by atoms with Crippen LogP contribution in [0, 0.1) is 0 Å². The van der Waals surface area contributed by atoms with Gasteiger partial charge in [0.25, 0.3) is 0 Å². The van der Waals surface area contributed by atoms with Crippen LogP contribution < -0.4 is 0 Å². The second kappa shape index (κ2) is 37.0. The van der Waals surface area contributed by atoms with E-state index >= 15 is 0 Å². The summed E-state index contributed by atoms with van der Waals surface area (Å²) in [5.41, 5.74) is 0. The fourth-order valence-corrected chi connectivity index (χ4v) is 6.67. The molecule has 0 aromatic rings. The van der Waals surface area contributed by atoms with Gasteiger partial charge >= 0.3 is 17.9 Å². The highest BCUT2D eigenvalue weighted by Gasteiger charge is 2.31. The highest BCUT2D eigenvalue weighted by Crippen LogP contribution is 2.15. The number of carbonyl (C=O) groups excluding carboxylic acids is 2. The van der Waals surface area contributed by atoms with Crippen molar-refractivity contribution in [3.63, 3.8) is 0 Å². The molecule has 0 aliphatic heterocycles. The highest BCUT2D eigenvalue weighted by atomic mass is 16.6. The Bertz CT molecular complexity index is 885. The number of quaternary nitrogens is 1. The first-order valence-corrected chi connectivity index (χ1v) is 22.2. The van der Waals surface area contributed by atoms with Crippen LogP contribution >= 0.6 is 0 Å². The monoisotopic (exact) mass is 753 g/mol. The maximum Gasteiger partial charge on any atom is 0.362 e. The van der Waals surface area contributed by atoms with Crippen molar-refractivity contribution in [1.82, 2.24) is 0 Å². The van der Waals surface area contributed by atoms with E-state index in [1.165, 1.54) is 135 Å². The second-order valence-electron chi connectivity index (χ2n) is 16.3. The lowest BCUT2D eigenvalue weighted by molar-refractivity contribution is -0.887. The van der Waals surface area contributed by atoms with E-state index in [0.29, 0.717) is 19.3 Å². The first kappa shape index (κ1) is 51.1. The van der Waals surface area contributed by atoms with Crippen LogP contribution in [0.1, 0.15) is 206 Å². The van der Waals surface area contributed by atoms with Crippen LogP contribution in [-0.4, -0.2) is 80.6 Å². The number of unbranched alkanes of at least 4 members (excludes halogenated alkanes) is 24. The van der Waals surface area contributed by atoms with E-state index in [9.17, 15) is 19.5 Å². The molecule has 53 heavy (non-hydrogen) atoms. The van der Waals surface area contributed by atoms with E-state index < -0.39 is 18.1 Å². The van der Waals surface area contributed by atoms with Gasteiger partial charge < -0.3 is 23.8 Å². The molecule has 0 saturated heterocycles. The van der Waals surface area contributed by atoms with Crippen LogP contribution in [0.25, 0.3) is 0 Å². The molecule has 1 N–H and O–H groups in total. The number of carboxylic acid groups (broad SMARTS) is 1. The number of likely N-dealkylation sites (N-methyl/N-ethyl adjacent to an activating group) is 1. The molecule has 8 nitrogen and oxygen atoms in total. The van der Waals surface area contributed by atoms with Gasteiger partial charge in [0.1, 0.15) is 6.61 Å². The van der Waals surface area contributed by atoms with E-state index in [1.807, 2.05) is 21.1 Å². The number of ether oxygens (including phenoxy) is 3. The molecule has 0 amide bonds. The van der Waals surface area contributed by atoms with Gasteiger partial charge in [-0.25, -0.2) is 4.79 Å². The Morgan fingerprint density at radius 3 is 1.36 bits per heavy atom. The Morgan fingerprint density at radius 1 is 0.547 bits per heavy atom. The van der Waals surface area contributed by atoms with Crippen LogP contribution in [0.15, 0.2) is 12.2 Å². The summed E-state index contributed by atoms with van der Waals surface area (Å²) in [6, 6.07) is -0.610. The Balaban J connectivity index is 4.30. The van der Waals surface area contributed by atoms with Crippen LogP contribution in [0.2, 0.25) is 0 Å². The van der Waals surface area contributed by atoms with Gasteiger partial charge in [0.2, 0.25) is 0 Å². The Labute approximate surface area is 327 Å². The molecular weight excluding hydrogens is 666 g/mol. The molecule has 2 atom stereocenters. The lowest BCUT2D eigenvalue weighted by Crippen LogP contribution is -2.50. The van der Waals surface area contributed by atoms with E-state index in [4.69, 9.17) is 14.2 Å². The van der Waals surface area contributed by atoms with E-state index in [-0.39, 0.29) is 36.2 Å². The molecule has 0 rings (SSSR count). The number of nitrogens with zero attached hydrogens (tertiary/aromatic N) is 1. The molecule has 0 bridgehead atoms. The maximum atomic E-state index is 12.7. The van der Waals surface area contributed by atoms with E-state index in [0.717, 1.165) is 38.5 Å². The van der Waals surface area contributed by atoms with Gasteiger partial charge in [0.05, 0.1) is 34.4 Å². The summed E-state index contributed by atoms with van der Waals surface area (Å²) >= 11 is 0. The smallest absolute Gasteiger partial charge is 0.362 e. The predicted octanol–water partition coefficient (Wildman–Crippen LogP) is 11.9. The topological polar surface area (TPSA) is 99.1 Å². The SMILES string of the molecule is CCCCCCCCC/C=C\CCCCCCCCCC(=O)OC(COCCC(C(=O)O)[N+](C)(C)C)COC(=O)CCCCCCCCCCCCC. The average Bonchev–Trinajstić information content (AvgIpc) is 3.11. The van der Waals surface area contributed by atoms with Gasteiger partial charge in [-0.15, -0.1) is 0 Å². The number of hydrogen-bond acceptors (Lipinski definition) is 6. The molecule has 2 unspecified atom stereocenters. The Hall–Kier alpha value is -1.93. The van der Waals surface area contributed by atoms with Crippen molar-refractivity contribution >= 4 is 17.9 Å². The molecular formula is C45H86NO7+. The third-order valence-electron chi connectivity index (χ3n) is 10.2. The molecule has 0 aliphatic rings. The first-order chi connectivity index (χ1) is 25.6. The maximum absolute atomic E-state index is 12.7. The number of rotatable bonds is 40. The lowest BCUT2D eigenvalue weighted by atomic mass is 10.1. The lowest BCUT2D eigenvalue weighted by Gasteiger charge is -2.31. The molecule has 8 heteroatoms. The van der Waals surface area contributed by atoms with Crippen molar-refractivity contribution in [1.29, 1.82) is 0 Å². The number of hydrogen-bond donors (Lipinski definition) is 1. The molecule has 0 aromatic carbocycles. The fraction of sp³-hybridized carbons (Fsp3) is 0.889. The number of esters is 2. The highest BCUT2D eigenvalue weighted by molar-refractivity contribution is 5.72. The summed E-state index contributed by atoms with van der Waals surface area (Å²) in [5.74, 6) is -1.46. The van der Waals surface area contributed by atoms with Crippen LogP contribution in [0.3, 0.4) is 0 Å². The summed E-state index contributed by atoms with van der Waals surface area (Å²) in [6.07, 6.45) is 38.2. The minimum atomic E-state index is -0.873. The zero-order valence-corrected chi connectivity index (χ0v) is 35.5. The second-order valence-corrected chi connectivity index (χ2v) is 16.3. The molecule has 312 valence electrons. The molecule has 0 fully saturated rings. The standard InChI is InChI=1S/C45H85NO7/c1-6-8-10-12-14-16-18-19-20-21-22-23-24-26-28-30-32-34-36-44(48)53-41(39-51-38-37-42(45(49)50)46(3,4)5)40-52-43(47)35-33-31-29-27-25-17-15-13-11-9-7-2/h20-21,41-42H,6-19,22-40H2,1-5H3/p+1/b21-20-. The third-order valence-corrected chi connectivity index (χ3v) is 10.2. The Morgan fingerprint density at radius 2 is 0.943 bits per heavy atom. The average molecular weight is 753 g/mol. The molecule has 0 aliphatic carbocycles. The van der Waals surface area contributed by atoms with Crippen molar-refractivity contribution in [3.05, 3.63) is 12.2 Å².